The topological polar surface area (TPSA) is 74.6 Å². The van der Waals surface area contributed by atoms with Gasteiger partial charge in [-0.05, 0) is 43.3 Å². The molecule has 0 aliphatic heterocycles. The SMILES string of the molecule is CC(=NNc1ccc(C(=O)O)cc1)c1ccccn1. The molecule has 0 fully saturated rings. The van der Waals surface area contributed by atoms with Gasteiger partial charge in [-0.25, -0.2) is 4.79 Å². The van der Waals surface area contributed by atoms with Crippen molar-refractivity contribution in [1.82, 2.24) is 4.98 Å². The lowest BCUT2D eigenvalue weighted by molar-refractivity contribution is 0.0697. The number of nitrogens with one attached hydrogen (secondary N) is 1. The molecule has 19 heavy (non-hydrogen) atoms. The van der Waals surface area contributed by atoms with Crippen molar-refractivity contribution in [3.63, 3.8) is 0 Å². The summed E-state index contributed by atoms with van der Waals surface area (Å²) >= 11 is 0. The van der Waals surface area contributed by atoms with Crippen LogP contribution in [0.5, 0.6) is 0 Å². The van der Waals surface area contributed by atoms with Gasteiger partial charge >= 0.3 is 5.97 Å². The van der Waals surface area contributed by atoms with Crippen LogP contribution >= 0.6 is 0 Å². The highest BCUT2D eigenvalue weighted by Gasteiger charge is 2.01. The summed E-state index contributed by atoms with van der Waals surface area (Å²) in [4.78, 5) is 14.9. The molecule has 0 unspecified atom stereocenters. The number of hydrazone groups is 1. The third-order valence-electron chi connectivity index (χ3n) is 2.52. The summed E-state index contributed by atoms with van der Waals surface area (Å²) < 4.78 is 0. The Labute approximate surface area is 110 Å². The molecule has 0 aliphatic carbocycles. The Hall–Kier alpha value is -2.69. The van der Waals surface area contributed by atoms with E-state index in [1.165, 1.54) is 12.1 Å². The normalized spacial score (nSPS) is 11.1. The Morgan fingerprint density at radius 1 is 1.21 bits per heavy atom. The molecule has 2 rings (SSSR count). The molecule has 1 aromatic heterocycles. The van der Waals surface area contributed by atoms with Crippen molar-refractivity contribution < 1.29 is 9.90 Å². The molecule has 0 amide bonds. The number of pyridine rings is 1. The zero-order chi connectivity index (χ0) is 13.7. The van der Waals surface area contributed by atoms with Gasteiger partial charge in [-0.2, -0.15) is 5.10 Å². The molecule has 5 heteroatoms. The highest BCUT2D eigenvalue weighted by Crippen LogP contribution is 2.10. The van der Waals surface area contributed by atoms with E-state index in [1.807, 2.05) is 25.1 Å². The van der Waals surface area contributed by atoms with Crippen molar-refractivity contribution in [2.45, 2.75) is 6.92 Å². The van der Waals surface area contributed by atoms with Gasteiger partial charge in [0.2, 0.25) is 0 Å². The van der Waals surface area contributed by atoms with Crippen LogP contribution in [-0.4, -0.2) is 21.8 Å². The van der Waals surface area contributed by atoms with Crippen LogP contribution in [0.4, 0.5) is 5.69 Å². The van der Waals surface area contributed by atoms with Crippen molar-refractivity contribution in [2.24, 2.45) is 5.10 Å². The monoisotopic (exact) mass is 255 g/mol. The van der Waals surface area contributed by atoms with Crippen LogP contribution in [0, 0.1) is 0 Å². The number of anilines is 1. The number of carbonyl (C=O) groups is 1. The molecule has 0 aliphatic rings. The first-order valence-electron chi connectivity index (χ1n) is 5.72. The third kappa shape index (κ3) is 3.38. The van der Waals surface area contributed by atoms with Gasteiger partial charge in [0.1, 0.15) is 0 Å². The summed E-state index contributed by atoms with van der Waals surface area (Å²) in [5.41, 5.74) is 5.37. The maximum atomic E-state index is 10.7. The van der Waals surface area contributed by atoms with E-state index in [4.69, 9.17) is 5.11 Å². The summed E-state index contributed by atoms with van der Waals surface area (Å²) in [6, 6.07) is 12.0. The van der Waals surface area contributed by atoms with Crippen molar-refractivity contribution >= 4 is 17.4 Å². The van der Waals surface area contributed by atoms with Gasteiger partial charge in [-0.1, -0.05) is 6.07 Å². The molecule has 2 N–H and O–H groups in total. The molecule has 1 heterocycles. The molecular formula is C14H13N3O2. The van der Waals surface area contributed by atoms with Crippen LogP contribution in [0.1, 0.15) is 23.0 Å². The molecule has 0 atom stereocenters. The molecule has 5 nitrogen and oxygen atoms in total. The van der Waals surface area contributed by atoms with Crippen LogP contribution in [0.25, 0.3) is 0 Å². The van der Waals surface area contributed by atoms with E-state index in [2.05, 4.69) is 15.5 Å². The van der Waals surface area contributed by atoms with Gasteiger partial charge in [-0.15, -0.1) is 0 Å². The standard InChI is InChI=1S/C14H13N3O2/c1-10(13-4-2-3-9-15-13)16-17-12-7-5-11(6-8-12)14(18)19/h2-9,17H,1H3,(H,18,19). The lowest BCUT2D eigenvalue weighted by Crippen LogP contribution is -2.02. The Morgan fingerprint density at radius 3 is 2.53 bits per heavy atom. The van der Waals surface area contributed by atoms with E-state index >= 15 is 0 Å². The zero-order valence-corrected chi connectivity index (χ0v) is 10.4. The molecule has 0 saturated carbocycles. The Bertz CT molecular complexity index is 592. The Balaban J connectivity index is 2.08. The van der Waals surface area contributed by atoms with E-state index in [-0.39, 0.29) is 5.56 Å². The van der Waals surface area contributed by atoms with E-state index in [0.717, 1.165) is 17.1 Å². The first-order chi connectivity index (χ1) is 9.16. The largest absolute Gasteiger partial charge is 0.478 e. The predicted octanol–water partition coefficient (Wildman–Crippen LogP) is 2.62. The van der Waals surface area contributed by atoms with E-state index in [9.17, 15) is 4.79 Å². The molecule has 96 valence electrons. The molecule has 0 radical (unpaired) electrons. The number of carboxylic acids is 1. The predicted molar refractivity (Wildman–Crippen MR) is 73.5 cm³/mol. The van der Waals surface area contributed by atoms with Crippen LogP contribution in [0.15, 0.2) is 53.8 Å². The maximum absolute atomic E-state index is 10.7. The number of nitrogens with zero attached hydrogens (tertiary/aromatic N) is 2. The maximum Gasteiger partial charge on any atom is 0.335 e. The minimum atomic E-state index is -0.945. The summed E-state index contributed by atoms with van der Waals surface area (Å²) in [6.07, 6.45) is 1.70. The Morgan fingerprint density at radius 2 is 1.95 bits per heavy atom. The number of benzene rings is 1. The van der Waals surface area contributed by atoms with Crippen LogP contribution in [-0.2, 0) is 0 Å². The average Bonchev–Trinajstić information content (AvgIpc) is 2.46. The van der Waals surface area contributed by atoms with Crippen LogP contribution in [0.2, 0.25) is 0 Å². The molecular weight excluding hydrogens is 242 g/mol. The van der Waals surface area contributed by atoms with E-state index < -0.39 is 5.97 Å². The van der Waals surface area contributed by atoms with Crippen molar-refractivity contribution in [3.05, 3.63) is 59.9 Å². The third-order valence-corrected chi connectivity index (χ3v) is 2.52. The van der Waals surface area contributed by atoms with Gasteiger partial charge < -0.3 is 5.11 Å². The summed E-state index contributed by atoms with van der Waals surface area (Å²) in [7, 11) is 0. The fourth-order valence-corrected chi connectivity index (χ4v) is 1.47. The fourth-order valence-electron chi connectivity index (χ4n) is 1.47. The first kappa shape index (κ1) is 12.8. The summed E-state index contributed by atoms with van der Waals surface area (Å²) in [5, 5.41) is 13.0. The summed E-state index contributed by atoms with van der Waals surface area (Å²) in [5.74, 6) is -0.945. The second-order valence-electron chi connectivity index (χ2n) is 3.91. The molecule has 0 bridgehead atoms. The second kappa shape index (κ2) is 5.77. The highest BCUT2D eigenvalue weighted by molar-refractivity contribution is 5.97. The van der Waals surface area contributed by atoms with E-state index in [0.29, 0.717) is 0 Å². The molecule has 2 aromatic rings. The average molecular weight is 255 g/mol. The van der Waals surface area contributed by atoms with Gasteiger partial charge in [0.15, 0.2) is 0 Å². The molecule has 1 aromatic carbocycles. The quantitative estimate of drug-likeness (QED) is 0.650. The van der Waals surface area contributed by atoms with Crippen molar-refractivity contribution in [2.75, 3.05) is 5.43 Å². The molecule has 0 spiro atoms. The second-order valence-corrected chi connectivity index (χ2v) is 3.91. The molecule has 0 saturated heterocycles. The number of rotatable bonds is 4. The minimum Gasteiger partial charge on any atom is -0.478 e. The minimum absolute atomic E-state index is 0.246. The number of carboxylic acid groups (broad SMARTS) is 1. The van der Waals surface area contributed by atoms with Crippen molar-refractivity contribution in [3.8, 4) is 0 Å². The van der Waals surface area contributed by atoms with Crippen LogP contribution in [0.3, 0.4) is 0 Å². The number of hydrogen-bond acceptors (Lipinski definition) is 4. The van der Waals surface area contributed by atoms with Gasteiger partial charge in [-0.3, -0.25) is 10.4 Å². The lowest BCUT2D eigenvalue weighted by atomic mass is 10.2. The lowest BCUT2D eigenvalue weighted by Gasteiger charge is -2.03. The van der Waals surface area contributed by atoms with Crippen LogP contribution < -0.4 is 5.43 Å². The van der Waals surface area contributed by atoms with Gasteiger partial charge in [0.05, 0.1) is 22.7 Å². The highest BCUT2D eigenvalue weighted by atomic mass is 16.4. The smallest absolute Gasteiger partial charge is 0.335 e. The number of aromatic carboxylic acids is 1. The Kier molecular flexibility index (Phi) is 3.87. The van der Waals surface area contributed by atoms with Crippen molar-refractivity contribution in [1.29, 1.82) is 0 Å². The number of aromatic nitrogens is 1. The van der Waals surface area contributed by atoms with Gasteiger partial charge in [0, 0.05) is 6.20 Å². The van der Waals surface area contributed by atoms with Gasteiger partial charge in [0.25, 0.3) is 0 Å². The van der Waals surface area contributed by atoms with E-state index in [1.54, 1.807) is 18.3 Å². The zero-order valence-electron chi connectivity index (χ0n) is 10.4. The fraction of sp³-hybridized carbons (Fsp3) is 0.0714. The number of hydrogen-bond donors (Lipinski definition) is 2. The first-order valence-corrected chi connectivity index (χ1v) is 5.72. The summed E-state index contributed by atoms with van der Waals surface area (Å²) in [6.45, 7) is 1.85.